The molecule has 0 spiro atoms. The van der Waals surface area contributed by atoms with E-state index in [-0.39, 0.29) is 5.92 Å². The molecule has 28 heavy (non-hydrogen) atoms. The van der Waals surface area contributed by atoms with E-state index in [0.29, 0.717) is 33.8 Å². The summed E-state index contributed by atoms with van der Waals surface area (Å²) < 4.78 is 23.1. The maximum Gasteiger partial charge on any atom is 0.338 e. The average molecular weight is 410 g/mol. The zero-order valence-electron chi connectivity index (χ0n) is 16.8. The zero-order chi connectivity index (χ0) is 19.9. The van der Waals surface area contributed by atoms with Gasteiger partial charge in [0.2, 0.25) is 0 Å². The van der Waals surface area contributed by atoms with E-state index in [9.17, 15) is 4.79 Å². The Morgan fingerprint density at radius 1 is 1.29 bits per heavy atom. The van der Waals surface area contributed by atoms with Gasteiger partial charge in [0.1, 0.15) is 0 Å². The first-order chi connectivity index (χ1) is 13.4. The minimum Gasteiger partial charge on any atom is -0.465 e. The third-order valence-corrected chi connectivity index (χ3v) is 6.55. The van der Waals surface area contributed by atoms with Gasteiger partial charge in [-0.15, -0.1) is 0 Å². The lowest BCUT2D eigenvalue weighted by atomic mass is 9.89. The molecule has 1 aromatic carbocycles. The summed E-state index contributed by atoms with van der Waals surface area (Å²) in [4.78, 5) is 14.5. The lowest BCUT2D eigenvalue weighted by Gasteiger charge is -2.39. The summed E-state index contributed by atoms with van der Waals surface area (Å²) >= 11 is 6.40. The molecule has 2 atom stereocenters. The molecule has 4 rings (SSSR count). The number of hydrogen-bond acceptors (Lipinski definition) is 6. The molecular weight excluding hydrogens is 382 g/mol. The van der Waals surface area contributed by atoms with E-state index >= 15 is 0 Å². The van der Waals surface area contributed by atoms with Crippen LogP contribution in [0.5, 0.6) is 11.5 Å². The van der Waals surface area contributed by atoms with E-state index in [1.165, 1.54) is 20.0 Å². The van der Waals surface area contributed by atoms with Gasteiger partial charge in [0.05, 0.1) is 23.8 Å². The van der Waals surface area contributed by atoms with E-state index in [1.54, 1.807) is 6.07 Å². The summed E-state index contributed by atoms with van der Waals surface area (Å²) in [5, 5.41) is 0.376. The number of fused-ring (bicyclic) bond motifs is 1. The van der Waals surface area contributed by atoms with Crippen LogP contribution in [0, 0.1) is 12.8 Å². The van der Waals surface area contributed by atoms with Crippen LogP contribution >= 0.6 is 11.6 Å². The second-order valence-corrected chi connectivity index (χ2v) is 8.52. The van der Waals surface area contributed by atoms with Crippen LogP contribution in [0.2, 0.25) is 5.02 Å². The summed E-state index contributed by atoms with van der Waals surface area (Å²) in [5.74, 6) is 0.120. The number of nitrogens with zero attached hydrogens (tertiary/aromatic N) is 1. The minimum absolute atomic E-state index is 0.248. The molecule has 0 N–H and O–H groups in total. The van der Waals surface area contributed by atoms with Gasteiger partial charge in [-0.3, -0.25) is 0 Å². The van der Waals surface area contributed by atoms with Crippen molar-refractivity contribution in [1.29, 1.82) is 0 Å². The second-order valence-electron chi connectivity index (χ2n) is 8.11. The minimum atomic E-state index is -0.776. The molecule has 154 valence electrons. The number of halogens is 1. The Bertz CT molecular complexity index is 756. The van der Waals surface area contributed by atoms with Crippen LogP contribution in [0.1, 0.15) is 48.5 Å². The SMILES string of the molecule is COC(=O)c1cc(Cl)c2c(c1C)OC(C)(C1CCN(CC3CCCO3)CC1)O2. The first-order valence-electron chi connectivity index (χ1n) is 10.0. The molecular formula is C21H28ClNO5. The van der Waals surface area contributed by atoms with Gasteiger partial charge < -0.3 is 23.8 Å². The van der Waals surface area contributed by atoms with Crippen LogP contribution in [-0.4, -0.2) is 56.1 Å². The van der Waals surface area contributed by atoms with Gasteiger partial charge in [-0.05, 0) is 51.8 Å². The van der Waals surface area contributed by atoms with Crippen LogP contribution in [0.3, 0.4) is 0 Å². The highest BCUT2D eigenvalue weighted by Gasteiger charge is 2.47. The van der Waals surface area contributed by atoms with Crippen LogP contribution < -0.4 is 9.47 Å². The fraction of sp³-hybridized carbons (Fsp3) is 0.667. The number of hydrogen-bond donors (Lipinski definition) is 0. The van der Waals surface area contributed by atoms with Crippen molar-refractivity contribution in [2.45, 2.75) is 51.4 Å². The number of piperidine rings is 1. The fourth-order valence-corrected chi connectivity index (χ4v) is 4.78. The zero-order valence-corrected chi connectivity index (χ0v) is 17.5. The van der Waals surface area contributed by atoms with Gasteiger partial charge in [-0.25, -0.2) is 4.79 Å². The van der Waals surface area contributed by atoms with Crippen molar-refractivity contribution in [3.63, 3.8) is 0 Å². The fourth-order valence-electron chi connectivity index (χ4n) is 4.55. The van der Waals surface area contributed by atoms with E-state index in [1.807, 2.05) is 13.8 Å². The Morgan fingerprint density at radius 3 is 2.64 bits per heavy atom. The summed E-state index contributed by atoms with van der Waals surface area (Å²) in [5.41, 5.74) is 1.11. The van der Waals surface area contributed by atoms with Crippen LogP contribution in [0.4, 0.5) is 0 Å². The van der Waals surface area contributed by atoms with E-state index < -0.39 is 11.8 Å². The van der Waals surface area contributed by atoms with Crippen molar-refractivity contribution in [2.75, 3.05) is 33.4 Å². The summed E-state index contributed by atoms with van der Waals surface area (Å²) in [6, 6.07) is 1.60. The molecule has 3 aliphatic heterocycles. The number of methoxy groups -OCH3 is 1. The molecule has 3 aliphatic rings. The van der Waals surface area contributed by atoms with Gasteiger partial charge in [-0.1, -0.05) is 11.6 Å². The maximum absolute atomic E-state index is 12.0. The third-order valence-electron chi connectivity index (χ3n) is 6.27. The predicted molar refractivity (Wildman–Crippen MR) is 105 cm³/mol. The van der Waals surface area contributed by atoms with Crippen LogP contribution in [0.25, 0.3) is 0 Å². The van der Waals surface area contributed by atoms with E-state index in [4.69, 9.17) is 30.5 Å². The number of carbonyl (C=O) groups excluding carboxylic acids is 1. The predicted octanol–water partition coefficient (Wildman–Crippen LogP) is 3.81. The highest BCUT2D eigenvalue weighted by molar-refractivity contribution is 6.32. The molecule has 2 unspecified atom stereocenters. The molecule has 2 saturated heterocycles. The molecule has 0 amide bonds. The third kappa shape index (κ3) is 3.58. The topological polar surface area (TPSA) is 57.2 Å². The Labute approximate surface area is 171 Å². The summed E-state index contributed by atoms with van der Waals surface area (Å²) in [6.07, 6.45) is 4.69. The van der Waals surface area contributed by atoms with Gasteiger partial charge in [0, 0.05) is 31.6 Å². The highest BCUT2D eigenvalue weighted by Crippen LogP contribution is 2.51. The Morgan fingerprint density at radius 2 is 2.00 bits per heavy atom. The van der Waals surface area contributed by atoms with E-state index in [0.717, 1.165) is 39.1 Å². The Kier molecular flexibility index (Phi) is 5.47. The van der Waals surface area contributed by atoms with Crippen molar-refractivity contribution in [3.05, 3.63) is 22.2 Å². The molecule has 0 radical (unpaired) electrons. The lowest BCUT2D eigenvalue weighted by Crippen LogP contribution is -2.49. The van der Waals surface area contributed by atoms with Crippen LogP contribution in [0.15, 0.2) is 6.07 Å². The average Bonchev–Trinajstić information content (AvgIpc) is 3.33. The molecule has 2 fully saturated rings. The lowest BCUT2D eigenvalue weighted by molar-refractivity contribution is -0.126. The number of ether oxygens (including phenoxy) is 4. The van der Waals surface area contributed by atoms with Gasteiger partial charge >= 0.3 is 5.97 Å². The molecule has 3 heterocycles. The number of benzene rings is 1. The first-order valence-corrected chi connectivity index (χ1v) is 10.4. The summed E-state index contributed by atoms with van der Waals surface area (Å²) in [7, 11) is 1.36. The van der Waals surface area contributed by atoms with Gasteiger partial charge in [0.15, 0.2) is 11.5 Å². The quantitative estimate of drug-likeness (QED) is 0.705. The molecule has 7 heteroatoms. The van der Waals surface area contributed by atoms with Crippen molar-refractivity contribution >= 4 is 17.6 Å². The highest BCUT2D eigenvalue weighted by atomic mass is 35.5. The normalized spacial score (nSPS) is 27.9. The number of esters is 1. The molecule has 6 nitrogen and oxygen atoms in total. The number of rotatable bonds is 4. The van der Waals surface area contributed by atoms with Gasteiger partial charge in [-0.2, -0.15) is 0 Å². The Balaban J connectivity index is 1.45. The van der Waals surface area contributed by atoms with Crippen molar-refractivity contribution in [2.24, 2.45) is 5.92 Å². The molecule has 0 aliphatic carbocycles. The molecule has 0 saturated carbocycles. The van der Waals surface area contributed by atoms with Crippen molar-refractivity contribution in [3.8, 4) is 11.5 Å². The monoisotopic (exact) mass is 409 g/mol. The van der Waals surface area contributed by atoms with Gasteiger partial charge in [0.25, 0.3) is 5.79 Å². The Hall–Kier alpha value is -1.50. The van der Waals surface area contributed by atoms with E-state index in [2.05, 4.69) is 4.90 Å². The van der Waals surface area contributed by atoms with Crippen molar-refractivity contribution < 1.29 is 23.7 Å². The first kappa shape index (κ1) is 19.8. The largest absolute Gasteiger partial charge is 0.465 e. The summed E-state index contributed by atoms with van der Waals surface area (Å²) in [6.45, 7) is 7.72. The molecule has 0 bridgehead atoms. The molecule has 1 aromatic rings. The molecule has 0 aromatic heterocycles. The number of carbonyl (C=O) groups is 1. The van der Waals surface area contributed by atoms with Crippen molar-refractivity contribution in [1.82, 2.24) is 4.90 Å². The maximum atomic E-state index is 12.0. The number of likely N-dealkylation sites (tertiary alicyclic amines) is 1. The second kappa shape index (κ2) is 7.73. The standard InChI is InChI=1S/C21H28ClNO5/c1-13-16(20(24)25-3)11-17(22)19-18(13)27-21(2,28-19)14-6-8-23(9-7-14)12-15-5-4-10-26-15/h11,14-15H,4-10,12H2,1-3H3. The van der Waals surface area contributed by atoms with Crippen LogP contribution in [-0.2, 0) is 9.47 Å². The smallest absolute Gasteiger partial charge is 0.338 e.